The summed E-state index contributed by atoms with van der Waals surface area (Å²) < 4.78 is 4.43. The van der Waals surface area contributed by atoms with Crippen LogP contribution in [0.3, 0.4) is 0 Å². The van der Waals surface area contributed by atoms with Gasteiger partial charge in [-0.2, -0.15) is 0 Å². The van der Waals surface area contributed by atoms with Crippen molar-refractivity contribution in [3.8, 4) is 0 Å². The molecular formula is C12H21N3O5. The van der Waals surface area contributed by atoms with Gasteiger partial charge in [0.1, 0.15) is 0 Å². The molecule has 0 saturated carbocycles. The van der Waals surface area contributed by atoms with Gasteiger partial charge < -0.3 is 15.2 Å². The molecule has 0 aromatic rings. The fourth-order valence-electron chi connectivity index (χ4n) is 1.93. The summed E-state index contributed by atoms with van der Waals surface area (Å²) in [4.78, 5) is 36.5. The van der Waals surface area contributed by atoms with Crippen LogP contribution in [-0.4, -0.2) is 85.2 Å². The van der Waals surface area contributed by atoms with E-state index in [-0.39, 0.29) is 19.6 Å². The summed E-state index contributed by atoms with van der Waals surface area (Å²) in [5.74, 6) is -2.01. The SMILES string of the molecule is CCNCCN(CCN1CC(=O)OC(=O)C1)CC(=O)O. The zero-order valence-corrected chi connectivity index (χ0v) is 11.6. The zero-order chi connectivity index (χ0) is 15.0. The average Bonchev–Trinajstić information content (AvgIpc) is 2.34. The van der Waals surface area contributed by atoms with Crippen LogP contribution in [-0.2, 0) is 19.1 Å². The summed E-state index contributed by atoms with van der Waals surface area (Å²) in [5.41, 5.74) is 0. The van der Waals surface area contributed by atoms with E-state index in [1.54, 1.807) is 9.80 Å². The van der Waals surface area contributed by atoms with E-state index in [1.165, 1.54) is 0 Å². The minimum atomic E-state index is -0.893. The Labute approximate surface area is 117 Å². The number of carboxylic acids is 1. The largest absolute Gasteiger partial charge is 0.480 e. The van der Waals surface area contributed by atoms with Gasteiger partial charge >= 0.3 is 17.9 Å². The Bertz CT molecular complexity index is 345. The number of rotatable bonds is 9. The predicted octanol–water partition coefficient (Wildman–Crippen LogP) is -1.63. The van der Waals surface area contributed by atoms with Crippen LogP contribution in [0.1, 0.15) is 6.92 Å². The van der Waals surface area contributed by atoms with E-state index >= 15 is 0 Å². The van der Waals surface area contributed by atoms with Gasteiger partial charge in [-0.3, -0.25) is 24.2 Å². The molecule has 2 N–H and O–H groups in total. The lowest BCUT2D eigenvalue weighted by molar-refractivity contribution is -0.167. The molecule has 0 aromatic heterocycles. The van der Waals surface area contributed by atoms with E-state index in [0.717, 1.165) is 6.54 Å². The summed E-state index contributed by atoms with van der Waals surface area (Å²) in [5, 5.41) is 12.0. The van der Waals surface area contributed by atoms with Gasteiger partial charge in [-0.15, -0.1) is 0 Å². The first-order valence-electron chi connectivity index (χ1n) is 6.62. The van der Waals surface area contributed by atoms with Crippen LogP contribution in [0.4, 0.5) is 0 Å². The fourth-order valence-corrected chi connectivity index (χ4v) is 1.93. The van der Waals surface area contributed by atoms with Crippen molar-refractivity contribution in [2.75, 3.05) is 52.4 Å². The molecule has 20 heavy (non-hydrogen) atoms. The first-order chi connectivity index (χ1) is 9.51. The molecule has 0 radical (unpaired) electrons. The highest BCUT2D eigenvalue weighted by molar-refractivity contribution is 5.90. The second-order valence-corrected chi connectivity index (χ2v) is 4.58. The number of esters is 2. The van der Waals surface area contributed by atoms with Crippen LogP contribution in [0.15, 0.2) is 0 Å². The van der Waals surface area contributed by atoms with Crippen LogP contribution in [0.2, 0.25) is 0 Å². The number of aliphatic carboxylic acids is 1. The molecule has 1 fully saturated rings. The molecule has 0 spiro atoms. The maximum atomic E-state index is 11.1. The smallest absolute Gasteiger partial charge is 0.327 e. The van der Waals surface area contributed by atoms with Gasteiger partial charge in [0.05, 0.1) is 19.6 Å². The van der Waals surface area contributed by atoms with Crippen molar-refractivity contribution in [3.63, 3.8) is 0 Å². The minimum absolute atomic E-state index is 0.0579. The molecule has 8 nitrogen and oxygen atoms in total. The van der Waals surface area contributed by atoms with Gasteiger partial charge in [0.15, 0.2) is 0 Å². The van der Waals surface area contributed by atoms with E-state index in [1.807, 2.05) is 6.92 Å². The lowest BCUT2D eigenvalue weighted by Gasteiger charge is -2.27. The van der Waals surface area contributed by atoms with Crippen molar-refractivity contribution in [1.29, 1.82) is 0 Å². The first kappa shape index (κ1) is 16.5. The normalized spacial score (nSPS) is 16.5. The fraction of sp³-hybridized carbons (Fsp3) is 0.750. The van der Waals surface area contributed by atoms with E-state index in [0.29, 0.717) is 26.2 Å². The third kappa shape index (κ3) is 6.60. The summed E-state index contributed by atoms with van der Waals surface area (Å²) in [7, 11) is 0. The molecule has 0 amide bonds. The number of nitrogens with zero attached hydrogens (tertiary/aromatic N) is 2. The second-order valence-electron chi connectivity index (χ2n) is 4.58. The molecule has 1 aliphatic heterocycles. The molecular weight excluding hydrogens is 266 g/mol. The predicted molar refractivity (Wildman–Crippen MR) is 70.2 cm³/mol. The maximum Gasteiger partial charge on any atom is 0.327 e. The number of carboxylic acid groups (broad SMARTS) is 1. The Morgan fingerprint density at radius 3 is 2.55 bits per heavy atom. The highest BCUT2D eigenvalue weighted by atomic mass is 16.6. The minimum Gasteiger partial charge on any atom is -0.480 e. The van der Waals surface area contributed by atoms with Crippen molar-refractivity contribution >= 4 is 17.9 Å². The lowest BCUT2D eigenvalue weighted by atomic mass is 10.3. The molecule has 1 saturated heterocycles. The van der Waals surface area contributed by atoms with Gasteiger partial charge in [-0.1, -0.05) is 6.92 Å². The number of morpholine rings is 1. The molecule has 0 bridgehead atoms. The molecule has 1 rings (SSSR count). The van der Waals surface area contributed by atoms with Crippen LogP contribution < -0.4 is 5.32 Å². The third-order valence-corrected chi connectivity index (χ3v) is 2.88. The van der Waals surface area contributed by atoms with Crippen LogP contribution in [0.25, 0.3) is 0 Å². The highest BCUT2D eigenvalue weighted by Gasteiger charge is 2.24. The number of carbonyl (C=O) groups is 3. The second kappa shape index (κ2) is 8.62. The van der Waals surface area contributed by atoms with Crippen molar-refractivity contribution in [2.45, 2.75) is 6.92 Å². The monoisotopic (exact) mass is 287 g/mol. The number of ether oxygens (including phenoxy) is 1. The number of carbonyl (C=O) groups excluding carboxylic acids is 2. The van der Waals surface area contributed by atoms with E-state index in [9.17, 15) is 14.4 Å². The zero-order valence-electron chi connectivity index (χ0n) is 11.6. The Morgan fingerprint density at radius 2 is 2.00 bits per heavy atom. The number of hydrogen-bond donors (Lipinski definition) is 2. The van der Waals surface area contributed by atoms with Crippen LogP contribution >= 0.6 is 0 Å². The van der Waals surface area contributed by atoms with Gasteiger partial charge in [0, 0.05) is 26.2 Å². The molecule has 0 aliphatic carbocycles. The van der Waals surface area contributed by atoms with Crippen LogP contribution in [0, 0.1) is 0 Å². The van der Waals surface area contributed by atoms with Crippen LogP contribution in [0.5, 0.6) is 0 Å². The Kier molecular flexibility index (Phi) is 7.13. The molecule has 114 valence electrons. The topological polar surface area (TPSA) is 99.2 Å². The highest BCUT2D eigenvalue weighted by Crippen LogP contribution is 2.00. The van der Waals surface area contributed by atoms with E-state index in [4.69, 9.17) is 5.11 Å². The van der Waals surface area contributed by atoms with Crippen molar-refractivity contribution < 1.29 is 24.2 Å². The summed E-state index contributed by atoms with van der Waals surface area (Å²) in [6.45, 7) is 5.13. The standard InChI is InChI=1S/C12H21N3O5/c1-2-13-3-4-14(7-10(16)17)5-6-15-8-11(18)20-12(19)9-15/h13H,2-9H2,1H3,(H,16,17). The summed E-state index contributed by atoms with van der Waals surface area (Å²) >= 11 is 0. The van der Waals surface area contributed by atoms with Crippen molar-refractivity contribution in [3.05, 3.63) is 0 Å². The average molecular weight is 287 g/mol. The Balaban J connectivity index is 2.37. The van der Waals surface area contributed by atoms with Gasteiger partial charge in [-0.25, -0.2) is 0 Å². The Hall–Kier alpha value is -1.51. The van der Waals surface area contributed by atoms with E-state index < -0.39 is 17.9 Å². The molecule has 0 atom stereocenters. The molecule has 1 aliphatic rings. The Morgan fingerprint density at radius 1 is 1.35 bits per heavy atom. The third-order valence-electron chi connectivity index (χ3n) is 2.88. The first-order valence-corrected chi connectivity index (χ1v) is 6.62. The maximum absolute atomic E-state index is 11.1. The summed E-state index contributed by atoms with van der Waals surface area (Å²) in [6, 6.07) is 0. The number of likely N-dealkylation sites (N-methyl/N-ethyl adjacent to an activating group) is 1. The van der Waals surface area contributed by atoms with Gasteiger partial charge in [-0.05, 0) is 6.54 Å². The number of hydrogen-bond acceptors (Lipinski definition) is 7. The van der Waals surface area contributed by atoms with Gasteiger partial charge in [0.25, 0.3) is 0 Å². The quantitative estimate of drug-likeness (QED) is 0.296. The molecule has 0 aromatic carbocycles. The number of nitrogens with one attached hydrogen (secondary N) is 1. The molecule has 1 heterocycles. The lowest BCUT2D eigenvalue weighted by Crippen LogP contribution is -2.47. The van der Waals surface area contributed by atoms with Crippen molar-refractivity contribution in [2.24, 2.45) is 0 Å². The number of cyclic esters (lactones) is 2. The van der Waals surface area contributed by atoms with E-state index in [2.05, 4.69) is 10.1 Å². The summed E-state index contributed by atoms with van der Waals surface area (Å²) in [6.07, 6.45) is 0. The molecule has 8 heteroatoms. The van der Waals surface area contributed by atoms with Crippen molar-refractivity contribution in [1.82, 2.24) is 15.1 Å². The molecule has 0 unspecified atom stereocenters. The van der Waals surface area contributed by atoms with Gasteiger partial charge in [0.2, 0.25) is 0 Å².